The summed E-state index contributed by atoms with van der Waals surface area (Å²) in [4.78, 5) is 14.2. The third kappa shape index (κ3) is 3.04. The van der Waals surface area contributed by atoms with E-state index in [0.29, 0.717) is 19.8 Å². The van der Waals surface area contributed by atoms with Crippen LogP contribution in [0, 0.1) is 0 Å². The van der Waals surface area contributed by atoms with E-state index in [9.17, 15) is 4.79 Å². The minimum absolute atomic E-state index is 0.0557. The minimum Gasteiger partial charge on any atom is -0.494 e. The highest BCUT2D eigenvalue weighted by atomic mass is 16.5. The van der Waals surface area contributed by atoms with Gasteiger partial charge in [0, 0.05) is 6.61 Å². The molecule has 2 heterocycles. The van der Waals surface area contributed by atoms with Gasteiger partial charge in [-0.1, -0.05) is 12.1 Å². The minimum atomic E-state index is -0.0557. The third-order valence-electron chi connectivity index (χ3n) is 4.05. The number of nitrogens with zero attached hydrogens (tertiary/aromatic N) is 1. The van der Waals surface area contributed by atoms with Crippen molar-refractivity contribution in [2.24, 2.45) is 0 Å². The van der Waals surface area contributed by atoms with Crippen LogP contribution in [0.3, 0.4) is 0 Å². The van der Waals surface area contributed by atoms with Crippen molar-refractivity contribution in [3.8, 4) is 5.75 Å². The van der Waals surface area contributed by atoms with Crippen LogP contribution in [0.4, 0.5) is 0 Å². The molecule has 1 N–H and O–H groups in total. The molecular formula is C16H22N2O3. The first-order valence-electron chi connectivity index (χ1n) is 7.64. The van der Waals surface area contributed by atoms with Crippen LogP contribution in [-0.2, 0) is 9.53 Å². The molecule has 21 heavy (non-hydrogen) atoms. The number of benzene rings is 1. The normalized spacial score (nSPS) is 26.1. The number of hydrogen-bond acceptors (Lipinski definition) is 4. The molecule has 2 aliphatic rings. The molecular weight excluding hydrogens is 268 g/mol. The zero-order chi connectivity index (χ0) is 14.7. The quantitative estimate of drug-likeness (QED) is 0.917. The Hall–Kier alpha value is -1.59. The molecule has 2 atom stereocenters. The molecule has 3 rings (SSSR count). The van der Waals surface area contributed by atoms with E-state index in [0.717, 1.165) is 30.8 Å². The maximum Gasteiger partial charge on any atom is 0.238 e. The van der Waals surface area contributed by atoms with Gasteiger partial charge < -0.3 is 14.4 Å². The van der Waals surface area contributed by atoms with Crippen LogP contribution in [-0.4, -0.2) is 43.2 Å². The lowest BCUT2D eigenvalue weighted by Gasteiger charge is -2.35. The van der Waals surface area contributed by atoms with Crippen LogP contribution in [0.5, 0.6) is 5.75 Å². The molecule has 0 bridgehead atoms. The van der Waals surface area contributed by atoms with Gasteiger partial charge in [-0.25, -0.2) is 0 Å². The molecule has 1 aromatic carbocycles. The van der Waals surface area contributed by atoms with Crippen molar-refractivity contribution in [3.63, 3.8) is 0 Å². The predicted octanol–water partition coefficient (Wildman–Crippen LogP) is 1.69. The number of amides is 1. The maximum absolute atomic E-state index is 12.2. The molecule has 5 nitrogen and oxygen atoms in total. The summed E-state index contributed by atoms with van der Waals surface area (Å²) >= 11 is 0. The van der Waals surface area contributed by atoms with Gasteiger partial charge in [0.15, 0.2) is 0 Å². The standard InChI is InChI=1S/C16H22N2O3/c1-2-21-14-7-5-12(6-8-14)16-17-10-15(19)18(16)13-4-3-9-20-11-13/h5-8,13,16-17H,2-4,9-11H2,1H3. The van der Waals surface area contributed by atoms with Crippen molar-refractivity contribution < 1.29 is 14.3 Å². The van der Waals surface area contributed by atoms with Gasteiger partial charge in [0.1, 0.15) is 11.9 Å². The van der Waals surface area contributed by atoms with E-state index in [-0.39, 0.29) is 18.1 Å². The number of nitrogens with one attached hydrogen (secondary N) is 1. The number of rotatable bonds is 4. The van der Waals surface area contributed by atoms with Gasteiger partial charge in [0.25, 0.3) is 0 Å². The molecule has 1 aromatic rings. The molecule has 5 heteroatoms. The Labute approximate surface area is 125 Å². The second-order valence-electron chi connectivity index (χ2n) is 5.46. The monoisotopic (exact) mass is 290 g/mol. The van der Waals surface area contributed by atoms with E-state index in [4.69, 9.17) is 9.47 Å². The Morgan fingerprint density at radius 1 is 1.38 bits per heavy atom. The largest absolute Gasteiger partial charge is 0.494 e. The smallest absolute Gasteiger partial charge is 0.238 e. The summed E-state index contributed by atoms with van der Waals surface area (Å²) in [7, 11) is 0. The molecule has 0 spiro atoms. The second-order valence-corrected chi connectivity index (χ2v) is 5.46. The van der Waals surface area contributed by atoms with E-state index in [1.165, 1.54) is 0 Å². The van der Waals surface area contributed by atoms with E-state index < -0.39 is 0 Å². The highest BCUT2D eigenvalue weighted by molar-refractivity contribution is 5.81. The fourth-order valence-electron chi connectivity index (χ4n) is 3.07. The zero-order valence-electron chi connectivity index (χ0n) is 12.4. The Morgan fingerprint density at radius 3 is 2.86 bits per heavy atom. The molecule has 2 aliphatic heterocycles. The highest BCUT2D eigenvalue weighted by Crippen LogP contribution is 2.29. The predicted molar refractivity (Wildman–Crippen MR) is 79.0 cm³/mol. The van der Waals surface area contributed by atoms with Crippen LogP contribution in [0.25, 0.3) is 0 Å². The maximum atomic E-state index is 12.2. The average Bonchev–Trinajstić information content (AvgIpc) is 2.91. The van der Waals surface area contributed by atoms with Gasteiger partial charge >= 0.3 is 0 Å². The zero-order valence-corrected chi connectivity index (χ0v) is 12.4. The number of ether oxygens (including phenoxy) is 2. The molecule has 0 aliphatic carbocycles. The van der Waals surface area contributed by atoms with Crippen molar-refractivity contribution in [2.45, 2.75) is 32.0 Å². The van der Waals surface area contributed by atoms with Crippen LogP contribution in [0.2, 0.25) is 0 Å². The van der Waals surface area contributed by atoms with Crippen LogP contribution >= 0.6 is 0 Å². The topological polar surface area (TPSA) is 50.8 Å². The number of hydrogen-bond donors (Lipinski definition) is 1. The van der Waals surface area contributed by atoms with Gasteiger partial charge in [-0.15, -0.1) is 0 Å². The summed E-state index contributed by atoms with van der Waals surface area (Å²) in [6, 6.07) is 8.14. The summed E-state index contributed by atoms with van der Waals surface area (Å²) in [6.45, 7) is 4.47. The Morgan fingerprint density at radius 2 is 2.19 bits per heavy atom. The van der Waals surface area contributed by atoms with Crippen molar-refractivity contribution in [1.29, 1.82) is 0 Å². The molecule has 1 amide bonds. The summed E-state index contributed by atoms with van der Waals surface area (Å²) < 4.78 is 11.0. The lowest BCUT2D eigenvalue weighted by molar-refractivity contribution is -0.133. The highest BCUT2D eigenvalue weighted by Gasteiger charge is 2.37. The second kappa shape index (κ2) is 6.45. The lowest BCUT2D eigenvalue weighted by atomic mass is 10.1. The van der Waals surface area contributed by atoms with Crippen molar-refractivity contribution in [1.82, 2.24) is 10.2 Å². The Kier molecular flexibility index (Phi) is 4.41. The number of carbonyl (C=O) groups excluding carboxylic acids is 1. The van der Waals surface area contributed by atoms with E-state index in [1.807, 2.05) is 36.1 Å². The molecule has 2 unspecified atom stereocenters. The molecule has 2 fully saturated rings. The first kappa shape index (κ1) is 14.4. The van der Waals surface area contributed by atoms with E-state index >= 15 is 0 Å². The van der Waals surface area contributed by atoms with Crippen molar-refractivity contribution in [3.05, 3.63) is 29.8 Å². The number of carbonyl (C=O) groups is 1. The van der Waals surface area contributed by atoms with E-state index in [1.54, 1.807) is 0 Å². The summed E-state index contributed by atoms with van der Waals surface area (Å²) in [6.07, 6.45) is 1.98. The van der Waals surface area contributed by atoms with Gasteiger partial charge in [-0.3, -0.25) is 10.1 Å². The SMILES string of the molecule is CCOc1ccc(C2NCC(=O)N2C2CCCOC2)cc1. The fraction of sp³-hybridized carbons (Fsp3) is 0.562. The van der Waals surface area contributed by atoms with Gasteiger partial charge in [0.05, 0.1) is 25.8 Å². The third-order valence-corrected chi connectivity index (χ3v) is 4.05. The first-order valence-corrected chi connectivity index (χ1v) is 7.64. The molecule has 0 saturated carbocycles. The molecule has 114 valence electrons. The first-order chi connectivity index (χ1) is 10.3. The van der Waals surface area contributed by atoms with Crippen LogP contribution in [0.1, 0.15) is 31.5 Å². The fourth-order valence-corrected chi connectivity index (χ4v) is 3.07. The van der Waals surface area contributed by atoms with Crippen molar-refractivity contribution in [2.75, 3.05) is 26.4 Å². The van der Waals surface area contributed by atoms with Crippen molar-refractivity contribution >= 4 is 5.91 Å². The lowest BCUT2D eigenvalue weighted by Crippen LogP contribution is -2.44. The van der Waals surface area contributed by atoms with Gasteiger partial charge in [0.2, 0.25) is 5.91 Å². The summed E-state index contributed by atoms with van der Waals surface area (Å²) in [5, 5.41) is 3.30. The molecule has 2 saturated heterocycles. The van der Waals surface area contributed by atoms with Gasteiger partial charge in [-0.2, -0.15) is 0 Å². The van der Waals surface area contributed by atoms with Gasteiger partial charge in [-0.05, 0) is 37.5 Å². The van der Waals surface area contributed by atoms with E-state index in [2.05, 4.69) is 5.32 Å². The Balaban J connectivity index is 1.77. The molecule has 0 aromatic heterocycles. The molecule has 0 radical (unpaired) electrons. The Bertz CT molecular complexity index is 483. The average molecular weight is 290 g/mol. The summed E-state index contributed by atoms with van der Waals surface area (Å²) in [5.41, 5.74) is 1.09. The summed E-state index contributed by atoms with van der Waals surface area (Å²) in [5.74, 6) is 1.02. The van der Waals surface area contributed by atoms with Crippen LogP contribution < -0.4 is 10.1 Å². The van der Waals surface area contributed by atoms with Crippen LogP contribution in [0.15, 0.2) is 24.3 Å².